The number of rotatable bonds is 0. The zero-order valence-corrected chi connectivity index (χ0v) is 11.5. The maximum atomic E-state index is 11.8. The maximum Gasteiger partial charge on any atom is 0.410 e. The number of ether oxygens (including phenoxy) is 1. The standard InChI is InChI=1S/C14H20N2O2/c1-10(7-15)11-5-14(6-11)8-16(9-14)12(17)18-13(2,3)4/h5-6,8-9H2,1-4H3. The van der Waals surface area contributed by atoms with Crippen LogP contribution in [0.5, 0.6) is 0 Å². The molecule has 2 fully saturated rings. The van der Waals surface area contributed by atoms with Gasteiger partial charge in [0.1, 0.15) is 5.60 Å². The van der Waals surface area contributed by atoms with Crippen LogP contribution in [0.2, 0.25) is 0 Å². The van der Waals surface area contributed by atoms with Crippen molar-refractivity contribution in [3.63, 3.8) is 0 Å². The van der Waals surface area contributed by atoms with Crippen LogP contribution in [0.15, 0.2) is 11.1 Å². The Morgan fingerprint density at radius 3 is 2.39 bits per heavy atom. The lowest BCUT2D eigenvalue weighted by Gasteiger charge is -2.56. The summed E-state index contributed by atoms with van der Waals surface area (Å²) in [5.74, 6) is 0. The molecule has 0 bridgehead atoms. The number of allylic oxidation sites excluding steroid dienone is 2. The molecule has 1 aliphatic carbocycles. The first kappa shape index (κ1) is 12.9. The van der Waals surface area contributed by atoms with Crippen molar-refractivity contribution in [2.24, 2.45) is 5.41 Å². The molecule has 1 aliphatic heterocycles. The van der Waals surface area contributed by atoms with Crippen LogP contribution in [-0.4, -0.2) is 29.7 Å². The van der Waals surface area contributed by atoms with Gasteiger partial charge in [0.15, 0.2) is 0 Å². The van der Waals surface area contributed by atoms with Gasteiger partial charge in [-0.05, 0) is 40.5 Å². The first-order chi connectivity index (χ1) is 8.25. The second kappa shape index (κ2) is 4.01. The highest BCUT2D eigenvalue weighted by molar-refractivity contribution is 5.69. The summed E-state index contributed by atoms with van der Waals surface area (Å²) in [4.78, 5) is 13.5. The number of hydrogen-bond acceptors (Lipinski definition) is 3. The molecule has 0 aromatic rings. The highest BCUT2D eigenvalue weighted by atomic mass is 16.6. The summed E-state index contributed by atoms with van der Waals surface area (Å²) >= 11 is 0. The van der Waals surface area contributed by atoms with Crippen molar-refractivity contribution >= 4 is 6.09 Å². The first-order valence-electron chi connectivity index (χ1n) is 6.31. The van der Waals surface area contributed by atoms with Crippen molar-refractivity contribution in [3.8, 4) is 6.07 Å². The molecule has 0 aromatic heterocycles. The molecule has 0 unspecified atom stereocenters. The van der Waals surface area contributed by atoms with Crippen LogP contribution in [0.3, 0.4) is 0 Å². The van der Waals surface area contributed by atoms with Crippen molar-refractivity contribution in [2.45, 2.75) is 46.1 Å². The van der Waals surface area contributed by atoms with Crippen molar-refractivity contribution in [1.82, 2.24) is 4.90 Å². The predicted molar refractivity (Wildman–Crippen MR) is 67.8 cm³/mol. The van der Waals surface area contributed by atoms with Crippen LogP contribution in [0, 0.1) is 16.7 Å². The number of nitriles is 1. The molecule has 4 nitrogen and oxygen atoms in total. The topological polar surface area (TPSA) is 53.3 Å². The Morgan fingerprint density at radius 1 is 1.39 bits per heavy atom. The molecule has 0 aromatic carbocycles. The normalized spacial score (nSPS) is 20.8. The third kappa shape index (κ3) is 2.35. The molecule has 1 saturated carbocycles. The SMILES string of the molecule is CC(C#N)=C1CC2(C1)CN(C(=O)OC(C)(C)C)C2. The lowest BCUT2D eigenvalue weighted by atomic mass is 9.60. The van der Waals surface area contributed by atoms with E-state index in [0.717, 1.165) is 31.5 Å². The lowest BCUT2D eigenvalue weighted by molar-refractivity contribution is -0.0505. The van der Waals surface area contributed by atoms with E-state index >= 15 is 0 Å². The molecule has 1 amide bonds. The molecule has 98 valence electrons. The number of carbonyl (C=O) groups excluding carboxylic acids is 1. The van der Waals surface area contributed by atoms with Crippen molar-refractivity contribution in [1.29, 1.82) is 5.26 Å². The first-order valence-corrected chi connectivity index (χ1v) is 6.31. The summed E-state index contributed by atoms with van der Waals surface area (Å²) in [6, 6.07) is 2.19. The van der Waals surface area contributed by atoms with Crippen molar-refractivity contribution < 1.29 is 9.53 Å². The third-order valence-corrected chi connectivity index (χ3v) is 3.58. The Labute approximate surface area is 108 Å². The number of carbonyl (C=O) groups is 1. The Kier molecular flexibility index (Phi) is 2.89. The van der Waals surface area contributed by atoms with Gasteiger partial charge in [0, 0.05) is 24.1 Å². The molecule has 0 radical (unpaired) electrons. The van der Waals surface area contributed by atoms with Gasteiger partial charge < -0.3 is 9.64 Å². The van der Waals surface area contributed by atoms with Crippen LogP contribution < -0.4 is 0 Å². The van der Waals surface area contributed by atoms with Crippen LogP contribution >= 0.6 is 0 Å². The number of likely N-dealkylation sites (tertiary alicyclic amines) is 1. The minimum Gasteiger partial charge on any atom is -0.444 e. The summed E-state index contributed by atoms with van der Waals surface area (Å²) in [6.07, 6.45) is 1.71. The molecule has 18 heavy (non-hydrogen) atoms. The van der Waals surface area contributed by atoms with Crippen LogP contribution in [-0.2, 0) is 4.74 Å². The predicted octanol–water partition coefficient (Wildman–Crippen LogP) is 2.86. The highest BCUT2D eigenvalue weighted by Gasteiger charge is 2.52. The van der Waals surface area contributed by atoms with E-state index in [-0.39, 0.29) is 11.5 Å². The van der Waals surface area contributed by atoms with E-state index in [1.165, 1.54) is 5.57 Å². The summed E-state index contributed by atoms with van der Waals surface area (Å²) in [6.45, 7) is 9.03. The van der Waals surface area contributed by atoms with Gasteiger partial charge in [0.2, 0.25) is 0 Å². The highest BCUT2D eigenvalue weighted by Crippen LogP contribution is 2.52. The lowest BCUT2D eigenvalue weighted by Crippen LogP contribution is -2.62. The summed E-state index contributed by atoms with van der Waals surface area (Å²) in [7, 11) is 0. The van der Waals surface area contributed by atoms with Crippen LogP contribution in [0.4, 0.5) is 4.79 Å². The zero-order chi connectivity index (χ0) is 13.6. The Balaban J connectivity index is 1.83. The number of nitrogens with zero attached hydrogens (tertiary/aromatic N) is 2. The van der Waals surface area contributed by atoms with Crippen molar-refractivity contribution in [3.05, 3.63) is 11.1 Å². The quantitative estimate of drug-likeness (QED) is 0.619. The van der Waals surface area contributed by atoms with Gasteiger partial charge >= 0.3 is 6.09 Å². The van der Waals surface area contributed by atoms with E-state index in [1.807, 2.05) is 27.7 Å². The second-order valence-corrected chi connectivity index (χ2v) is 6.53. The van der Waals surface area contributed by atoms with E-state index in [0.29, 0.717) is 0 Å². The smallest absolute Gasteiger partial charge is 0.410 e. The fraction of sp³-hybridized carbons (Fsp3) is 0.714. The number of amides is 1. The van der Waals surface area contributed by atoms with E-state index in [4.69, 9.17) is 10.00 Å². The molecule has 0 atom stereocenters. The molecule has 2 rings (SSSR count). The van der Waals surface area contributed by atoms with Crippen LogP contribution in [0.1, 0.15) is 40.5 Å². The molecule has 1 saturated heterocycles. The second-order valence-electron chi connectivity index (χ2n) is 6.53. The van der Waals surface area contributed by atoms with Gasteiger partial charge in [-0.2, -0.15) is 5.26 Å². The third-order valence-electron chi connectivity index (χ3n) is 3.58. The van der Waals surface area contributed by atoms with E-state index in [9.17, 15) is 4.79 Å². The van der Waals surface area contributed by atoms with Gasteiger partial charge in [-0.3, -0.25) is 0 Å². The van der Waals surface area contributed by atoms with Gasteiger partial charge in [-0.15, -0.1) is 0 Å². The zero-order valence-electron chi connectivity index (χ0n) is 11.5. The molecular formula is C14H20N2O2. The molecule has 2 aliphatic rings. The summed E-state index contributed by atoms with van der Waals surface area (Å²) in [5.41, 5.74) is 1.91. The van der Waals surface area contributed by atoms with Crippen LogP contribution in [0.25, 0.3) is 0 Å². The molecule has 0 N–H and O–H groups in total. The van der Waals surface area contributed by atoms with Gasteiger partial charge in [-0.25, -0.2) is 4.79 Å². The van der Waals surface area contributed by atoms with E-state index in [2.05, 4.69) is 6.07 Å². The Morgan fingerprint density at radius 2 is 1.94 bits per heavy atom. The minimum absolute atomic E-state index is 0.220. The van der Waals surface area contributed by atoms with E-state index < -0.39 is 5.60 Å². The average molecular weight is 248 g/mol. The fourth-order valence-electron chi connectivity index (χ4n) is 2.64. The Bertz CT molecular complexity index is 435. The average Bonchev–Trinajstić information content (AvgIpc) is 2.09. The maximum absolute atomic E-state index is 11.8. The Hall–Kier alpha value is -1.50. The molecule has 1 spiro atoms. The van der Waals surface area contributed by atoms with Gasteiger partial charge in [0.25, 0.3) is 0 Å². The molecule has 1 heterocycles. The number of hydrogen-bond donors (Lipinski definition) is 0. The van der Waals surface area contributed by atoms with Gasteiger partial charge in [0.05, 0.1) is 6.07 Å². The van der Waals surface area contributed by atoms with E-state index in [1.54, 1.807) is 4.90 Å². The fourth-order valence-corrected chi connectivity index (χ4v) is 2.64. The van der Waals surface area contributed by atoms with Crippen molar-refractivity contribution in [2.75, 3.05) is 13.1 Å². The molecular weight excluding hydrogens is 228 g/mol. The molecule has 4 heteroatoms. The van der Waals surface area contributed by atoms with Gasteiger partial charge in [-0.1, -0.05) is 5.57 Å². The monoisotopic (exact) mass is 248 g/mol. The largest absolute Gasteiger partial charge is 0.444 e. The summed E-state index contributed by atoms with van der Waals surface area (Å²) < 4.78 is 5.32. The summed E-state index contributed by atoms with van der Waals surface area (Å²) in [5, 5.41) is 8.81. The minimum atomic E-state index is -0.429.